The summed E-state index contributed by atoms with van der Waals surface area (Å²) in [4.78, 5) is 0. The Hall–Kier alpha value is -1.50. The predicted octanol–water partition coefficient (Wildman–Crippen LogP) is 3.44. The number of rotatable bonds is 1. The van der Waals surface area contributed by atoms with Gasteiger partial charge in [-0.3, -0.25) is 0 Å². The average Bonchev–Trinajstić information content (AvgIpc) is 2.88. The van der Waals surface area contributed by atoms with E-state index in [0.717, 1.165) is 5.76 Å². The summed E-state index contributed by atoms with van der Waals surface area (Å²) in [7, 11) is 0. The second-order valence-corrected chi connectivity index (χ2v) is 3.77. The Bertz CT molecular complexity index is 440. The van der Waals surface area contributed by atoms with E-state index in [1.807, 2.05) is 12.1 Å². The summed E-state index contributed by atoms with van der Waals surface area (Å²) >= 11 is 0. The van der Waals surface area contributed by atoms with E-state index in [0.29, 0.717) is 0 Å². The van der Waals surface area contributed by atoms with Crippen LogP contribution in [0.3, 0.4) is 0 Å². The molecule has 1 aliphatic rings. The maximum atomic E-state index is 5.44. The molecule has 0 saturated carbocycles. The molecule has 3 rings (SSSR count). The molecule has 1 aromatic carbocycles. The highest BCUT2D eigenvalue weighted by Crippen LogP contribution is 2.32. The Balaban J connectivity index is 2.20. The highest BCUT2D eigenvalue weighted by Gasteiger charge is 2.15. The Labute approximate surface area is 83.4 Å². The molecule has 0 amide bonds. The monoisotopic (exact) mass is 184 g/mol. The van der Waals surface area contributed by atoms with Gasteiger partial charge in [-0.05, 0) is 42.5 Å². The van der Waals surface area contributed by atoms with Crippen LogP contribution in [0.5, 0.6) is 0 Å². The predicted molar refractivity (Wildman–Crippen MR) is 56.2 cm³/mol. The van der Waals surface area contributed by atoms with Gasteiger partial charge in [-0.25, -0.2) is 0 Å². The first-order valence-corrected chi connectivity index (χ1v) is 5.10. The minimum atomic E-state index is 1.00. The van der Waals surface area contributed by atoms with Crippen LogP contribution in [0, 0.1) is 0 Å². The fourth-order valence-corrected chi connectivity index (χ4v) is 2.28. The van der Waals surface area contributed by atoms with E-state index in [-0.39, 0.29) is 0 Å². The molecule has 0 N–H and O–H groups in total. The number of aryl methyl sites for hydroxylation is 1. The molecule has 1 nitrogen and oxygen atoms in total. The highest BCUT2D eigenvalue weighted by molar-refractivity contribution is 5.64. The van der Waals surface area contributed by atoms with Crippen LogP contribution in [0.2, 0.25) is 0 Å². The van der Waals surface area contributed by atoms with Crippen LogP contribution in [0.4, 0.5) is 0 Å². The zero-order valence-corrected chi connectivity index (χ0v) is 7.99. The molecule has 0 spiro atoms. The van der Waals surface area contributed by atoms with Crippen LogP contribution in [-0.4, -0.2) is 0 Å². The Morgan fingerprint density at radius 3 is 2.86 bits per heavy atom. The third kappa shape index (κ3) is 1.09. The van der Waals surface area contributed by atoms with Crippen molar-refractivity contribution in [3.63, 3.8) is 0 Å². The fourth-order valence-electron chi connectivity index (χ4n) is 2.28. The lowest BCUT2D eigenvalue weighted by atomic mass is 10.0. The van der Waals surface area contributed by atoms with E-state index in [2.05, 4.69) is 18.2 Å². The molecular weight excluding hydrogens is 172 g/mol. The number of furan rings is 1. The van der Waals surface area contributed by atoms with Crippen LogP contribution in [0.25, 0.3) is 11.3 Å². The van der Waals surface area contributed by atoms with Crippen LogP contribution < -0.4 is 0 Å². The van der Waals surface area contributed by atoms with Gasteiger partial charge in [0.15, 0.2) is 0 Å². The van der Waals surface area contributed by atoms with E-state index in [9.17, 15) is 0 Å². The maximum absolute atomic E-state index is 5.44. The van der Waals surface area contributed by atoms with Crippen molar-refractivity contribution in [1.29, 1.82) is 0 Å². The minimum Gasteiger partial charge on any atom is -0.464 e. The summed E-state index contributed by atoms with van der Waals surface area (Å²) in [6.07, 6.45) is 5.45. The molecule has 2 aromatic rings. The van der Waals surface area contributed by atoms with Gasteiger partial charge in [0.05, 0.1) is 6.26 Å². The van der Waals surface area contributed by atoms with Gasteiger partial charge in [-0.15, -0.1) is 0 Å². The average molecular weight is 184 g/mol. The number of hydrogen-bond acceptors (Lipinski definition) is 1. The van der Waals surface area contributed by atoms with Crippen LogP contribution >= 0.6 is 0 Å². The maximum Gasteiger partial charge on any atom is 0.134 e. The Morgan fingerprint density at radius 2 is 2.00 bits per heavy atom. The van der Waals surface area contributed by atoms with Crippen LogP contribution in [0.1, 0.15) is 17.5 Å². The molecule has 1 heterocycles. The molecule has 0 radical (unpaired) electrons. The molecule has 1 heteroatoms. The van der Waals surface area contributed by atoms with E-state index < -0.39 is 0 Å². The van der Waals surface area contributed by atoms with Crippen molar-refractivity contribution < 1.29 is 4.42 Å². The summed E-state index contributed by atoms with van der Waals surface area (Å²) < 4.78 is 5.44. The van der Waals surface area contributed by atoms with Crippen molar-refractivity contribution in [2.75, 3.05) is 0 Å². The molecule has 0 atom stereocenters. The van der Waals surface area contributed by atoms with Crippen molar-refractivity contribution in [1.82, 2.24) is 0 Å². The Morgan fingerprint density at radius 1 is 1.00 bits per heavy atom. The SMILES string of the molecule is c1coc(-c2cccc3c2CCC3)c1. The van der Waals surface area contributed by atoms with Gasteiger partial charge in [0.25, 0.3) is 0 Å². The first-order chi connectivity index (χ1) is 6.95. The minimum absolute atomic E-state index is 1.00. The Kier molecular flexibility index (Phi) is 1.69. The second kappa shape index (κ2) is 3.02. The highest BCUT2D eigenvalue weighted by atomic mass is 16.3. The molecule has 0 unspecified atom stereocenters. The summed E-state index contributed by atoms with van der Waals surface area (Å²) in [6, 6.07) is 10.5. The van der Waals surface area contributed by atoms with Crippen molar-refractivity contribution in [2.45, 2.75) is 19.3 Å². The summed E-state index contributed by atoms with van der Waals surface area (Å²) in [5.41, 5.74) is 4.27. The molecule has 1 aliphatic carbocycles. The first-order valence-electron chi connectivity index (χ1n) is 5.10. The number of hydrogen-bond donors (Lipinski definition) is 0. The lowest BCUT2D eigenvalue weighted by Gasteiger charge is -2.04. The standard InChI is InChI=1S/C13H12O/c1-4-10-5-2-7-12(11(10)6-1)13-8-3-9-14-13/h2-3,5,7-9H,1,4,6H2. The quantitative estimate of drug-likeness (QED) is 0.661. The lowest BCUT2D eigenvalue weighted by molar-refractivity contribution is 0.581. The lowest BCUT2D eigenvalue weighted by Crippen LogP contribution is -1.86. The van der Waals surface area contributed by atoms with Crippen molar-refractivity contribution in [3.8, 4) is 11.3 Å². The summed E-state index contributed by atoms with van der Waals surface area (Å²) in [6.45, 7) is 0. The largest absolute Gasteiger partial charge is 0.464 e. The second-order valence-electron chi connectivity index (χ2n) is 3.77. The summed E-state index contributed by atoms with van der Waals surface area (Å²) in [5.74, 6) is 1.00. The third-order valence-electron chi connectivity index (χ3n) is 2.93. The zero-order chi connectivity index (χ0) is 9.38. The van der Waals surface area contributed by atoms with Crippen molar-refractivity contribution >= 4 is 0 Å². The molecule has 0 fully saturated rings. The van der Waals surface area contributed by atoms with Gasteiger partial charge in [-0.1, -0.05) is 18.2 Å². The van der Waals surface area contributed by atoms with Gasteiger partial charge < -0.3 is 4.42 Å². The fraction of sp³-hybridized carbons (Fsp3) is 0.231. The van der Waals surface area contributed by atoms with Crippen LogP contribution in [0.15, 0.2) is 41.0 Å². The van der Waals surface area contributed by atoms with Gasteiger partial charge >= 0.3 is 0 Å². The van der Waals surface area contributed by atoms with Crippen LogP contribution in [-0.2, 0) is 12.8 Å². The van der Waals surface area contributed by atoms with E-state index >= 15 is 0 Å². The van der Waals surface area contributed by atoms with E-state index in [4.69, 9.17) is 4.42 Å². The molecule has 0 bridgehead atoms. The molecular formula is C13H12O. The molecule has 1 aromatic heterocycles. The molecule has 14 heavy (non-hydrogen) atoms. The van der Waals surface area contributed by atoms with E-state index in [1.54, 1.807) is 6.26 Å². The van der Waals surface area contributed by atoms with Crippen molar-refractivity contribution in [3.05, 3.63) is 47.7 Å². The zero-order valence-electron chi connectivity index (χ0n) is 7.99. The summed E-state index contributed by atoms with van der Waals surface area (Å²) in [5, 5.41) is 0. The third-order valence-corrected chi connectivity index (χ3v) is 2.93. The smallest absolute Gasteiger partial charge is 0.134 e. The molecule has 0 aliphatic heterocycles. The number of fused-ring (bicyclic) bond motifs is 1. The van der Waals surface area contributed by atoms with Gasteiger partial charge in [0, 0.05) is 5.56 Å². The normalized spacial score (nSPS) is 14.3. The van der Waals surface area contributed by atoms with Gasteiger partial charge in [-0.2, -0.15) is 0 Å². The van der Waals surface area contributed by atoms with Gasteiger partial charge in [0.2, 0.25) is 0 Å². The van der Waals surface area contributed by atoms with Gasteiger partial charge in [0.1, 0.15) is 5.76 Å². The molecule has 0 saturated heterocycles. The first kappa shape index (κ1) is 7.86. The van der Waals surface area contributed by atoms with Crippen molar-refractivity contribution in [2.24, 2.45) is 0 Å². The topological polar surface area (TPSA) is 13.1 Å². The van der Waals surface area contributed by atoms with E-state index in [1.165, 1.54) is 36.0 Å². The number of benzene rings is 1. The molecule has 70 valence electrons.